The number of carboxylic acid groups (broad SMARTS) is 2. The minimum atomic E-state index is -1.81. The second kappa shape index (κ2) is 14.8. The summed E-state index contributed by atoms with van der Waals surface area (Å²) in [4.78, 5) is 77.4. The molecule has 1 aromatic carbocycles. The number of carboxylic acids is 2. The van der Waals surface area contributed by atoms with E-state index in [0.29, 0.717) is 42.5 Å². The van der Waals surface area contributed by atoms with Crippen LogP contribution in [0.3, 0.4) is 0 Å². The van der Waals surface area contributed by atoms with Crippen molar-refractivity contribution in [2.24, 2.45) is 10.3 Å². The smallest absolute Gasteiger partial charge is 0.352 e. The Kier molecular flexibility index (Phi) is 10.7. The van der Waals surface area contributed by atoms with E-state index < -0.39 is 74.8 Å². The lowest BCUT2D eigenvalue weighted by Crippen LogP contribution is -2.72. The van der Waals surface area contributed by atoms with Crippen LogP contribution in [0, 0.1) is 0 Å². The molecule has 6 heterocycles. The third-order valence-electron chi connectivity index (χ3n) is 10.3. The molecule has 4 fully saturated rings. The first-order valence-corrected chi connectivity index (χ1v) is 19.1. The molecule has 0 radical (unpaired) electrons. The van der Waals surface area contributed by atoms with Gasteiger partial charge < -0.3 is 50.9 Å². The number of nitrogens with two attached hydrogens (primary N) is 1. The van der Waals surface area contributed by atoms with Crippen molar-refractivity contribution in [3.8, 4) is 11.5 Å². The zero-order valence-corrected chi connectivity index (χ0v) is 32.0. The normalized spacial score (nSPS) is 25.6. The molecule has 0 saturated carbocycles. The molecule has 7 rings (SSSR count). The number of nitrogen functional groups attached to an aromatic ring is 1. The Labute approximate surface area is 326 Å². The van der Waals surface area contributed by atoms with Gasteiger partial charge in [-0.3, -0.25) is 19.3 Å². The number of phenols is 2. The van der Waals surface area contributed by atoms with E-state index in [4.69, 9.17) is 22.2 Å². The number of benzene rings is 1. The number of thiazole rings is 1. The molecule has 22 heteroatoms. The van der Waals surface area contributed by atoms with E-state index in [1.54, 1.807) is 4.90 Å². The maximum Gasteiger partial charge on any atom is 0.352 e. The summed E-state index contributed by atoms with van der Waals surface area (Å²) in [5.74, 6) is -6.03. The monoisotopic (exact) mass is 821 g/mol. The van der Waals surface area contributed by atoms with Gasteiger partial charge in [-0.05, 0) is 32.9 Å². The number of piperidine rings is 1. The van der Waals surface area contributed by atoms with Gasteiger partial charge in [0.15, 0.2) is 28.1 Å². The molecule has 0 unspecified atom stereocenters. The number of hydrogen-bond acceptors (Lipinski definition) is 15. The highest BCUT2D eigenvalue weighted by atomic mass is 35.5. The summed E-state index contributed by atoms with van der Waals surface area (Å²) in [5.41, 5.74) is 3.38. The van der Waals surface area contributed by atoms with Gasteiger partial charge in [0.1, 0.15) is 29.4 Å². The van der Waals surface area contributed by atoms with Crippen molar-refractivity contribution in [2.75, 3.05) is 38.5 Å². The van der Waals surface area contributed by atoms with Crippen LogP contribution in [0.4, 0.5) is 5.13 Å². The number of β-lactam (4-membered cyclic amide) rings is 1. The second-order valence-corrected chi connectivity index (χ2v) is 16.8. The second-order valence-electron chi connectivity index (χ2n) is 14.1. The fourth-order valence-electron chi connectivity index (χ4n) is 7.16. The Morgan fingerprint density at radius 1 is 1.15 bits per heavy atom. The Balaban J connectivity index is 1.20. The van der Waals surface area contributed by atoms with Gasteiger partial charge in [-0.15, -0.1) is 23.1 Å². The van der Waals surface area contributed by atoms with Gasteiger partial charge in [0.05, 0.1) is 31.2 Å². The van der Waals surface area contributed by atoms with Crippen molar-refractivity contribution < 1.29 is 58.9 Å². The first-order valence-electron chi connectivity index (χ1n) is 16.9. The number of aliphatic carboxylic acids is 2. The fourth-order valence-corrected chi connectivity index (χ4v) is 9.39. The molecule has 0 aliphatic carbocycles. The number of aromatic hydroxyl groups is 2. The van der Waals surface area contributed by atoms with E-state index in [1.165, 1.54) is 37.1 Å². The van der Waals surface area contributed by atoms with Crippen molar-refractivity contribution >= 4 is 80.9 Å². The highest BCUT2D eigenvalue weighted by molar-refractivity contribution is 8.00. The molecule has 2 aromatic rings. The van der Waals surface area contributed by atoms with E-state index in [1.807, 2.05) is 6.92 Å². The number of nitrogens with zero attached hydrogens (tertiary/aromatic N) is 6. The maximum absolute atomic E-state index is 13.8. The molecule has 55 heavy (non-hydrogen) atoms. The summed E-state index contributed by atoms with van der Waals surface area (Å²) in [5, 5.41) is 59.2. The van der Waals surface area contributed by atoms with E-state index in [9.17, 15) is 49.6 Å². The highest BCUT2D eigenvalue weighted by Crippen LogP contribution is 2.45. The van der Waals surface area contributed by atoms with Crippen LogP contribution in [-0.4, -0.2) is 147 Å². The van der Waals surface area contributed by atoms with Gasteiger partial charge >= 0.3 is 11.9 Å². The quantitative estimate of drug-likeness (QED) is 0.0419. The number of halogens is 1. The zero-order valence-electron chi connectivity index (χ0n) is 29.6. The summed E-state index contributed by atoms with van der Waals surface area (Å²) in [6, 6.07) is 1.01. The molecule has 4 saturated heterocycles. The SMILES string of the molecule is C[C@@H]1S[C@@H]2[C@H](NC(=O)/C(=N\OC(C)(C)C(=O)O)c3csc(N)n3)C(=O)N2C(C(=O)O)=C1C[N+]12CCC(CC1)N(C(=O)/C(=N\O)c1ccc(O)c(O)c1Cl)CC2. The number of anilines is 1. The van der Waals surface area contributed by atoms with Gasteiger partial charge in [-0.25, -0.2) is 14.6 Å². The number of oxime groups is 2. The van der Waals surface area contributed by atoms with Crippen LogP contribution in [0.15, 0.2) is 39.1 Å². The highest BCUT2D eigenvalue weighted by Gasteiger charge is 2.57. The van der Waals surface area contributed by atoms with Crippen molar-refractivity contribution in [3.05, 3.63) is 45.1 Å². The lowest BCUT2D eigenvalue weighted by molar-refractivity contribution is -0.925. The van der Waals surface area contributed by atoms with Crippen LogP contribution in [-0.2, 0) is 28.8 Å². The number of rotatable bonds is 11. The largest absolute Gasteiger partial charge is 0.504 e. The number of quaternary nitrogens is 1. The topological polar surface area (TPSA) is 278 Å². The van der Waals surface area contributed by atoms with E-state index in [-0.39, 0.29) is 46.2 Å². The molecule has 3 amide bonds. The lowest BCUT2D eigenvalue weighted by Gasteiger charge is -2.52. The van der Waals surface area contributed by atoms with E-state index in [0.717, 1.165) is 22.3 Å². The predicted molar refractivity (Wildman–Crippen MR) is 198 cm³/mol. The first-order chi connectivity index (χ1) is 25.9. The zero-order chi connectivity index (χ0) is 40.1. The predicted octanol–water partition coefficient (Wildman–Crippen LogP) is 1.20. The Hall–Kier alpha value is -5.12. The molecule has 1 aromatic heterocycles. The minimum absolute atomic E-state index is 0.0124. The van der Waals surface area contributed by atoms with Gasteiger partial charge in [0, 0.05) is 40.7 Å². The average Bonchev–Trinajstić information content (AvgIpc) is 3.38. The average molecular weight is 822 g/mol. The van der Waals surface area contributed by atoms with Crippen LogP contribution in [0.2, 0.25) is 5.02 Å². The maximum atomic E-state index is 13.8. The van der Waals surface area contributed by atoms with E-state index in [2.05, 4.69) is 20.6 Å². The van der Waals surface area contributed by atoms with Crippen molar-refractivity contribution in [3.63, 3.8) is 0 Å². The number of hydrogen-bond donors (Lipinski definition) is 7. The van der Waals surface area contributed by atoms with Crippen molar-refractivity contribution in [1.29, 1.82) is 0 Å². The Morgan fingerprint density at radius 2 is 1.84 bits per heavy atom. The fraction of sp³-hybridized carbons (Fsp3) is 0.455. The molecule has 2 bridgehead atoms. The number of thioether (sulfide) groups is 1. The standard InChI is InChI=1S/C33H37ClN8O11S2/c1-14-17(12-42-9-6-15(7-10-42)40(8-11-42)27(46)21(38-52)16-4-5-19(43)25(44)20(16)34)24(30(48)49)41-28(47)23(29(41)55-14)37-26(45)22(18-13-54-32(35)36-18)39-53-33(2,3)31(50)51/h4-5,13-15,23,29H,6-12H2,1-3H3,(H7-,35,36,37,38,39,43,44,45,46,48,49,50,51,52)/p+1/t14-,15?,23+,29+,42?/m0/s1. The summed E-state index contributed by atoms with van der Waals surface area (Å²) >= 11 is 8.48. The Morgan fingerprint density at radius 3 is 2.44 bits per heavy atom. The minimum Gasteiger partial charge on any atom is -0.504 e. The van der Waals surface area contributed by atoms with Crippen molar-refractivity contribution in [1.82, 2.24) is 20.1 Å². The molecule has 5 aliphatic heterocycles. The van der Waals surface area contributed by atoms with Crippen LogP contribution >= 0.6 is 34.7 Å². The molecule has 8 N–H and O–H groups in total. The van der Waals surface area contributed by atoms with Gasteiger partial charge in [0.2, 0.25) is 5.60 Å². The summed E-state index contributed by atoms with van der Waals surface area (Å²) in [6.07, 6.45) is 1.11. The number of carbonyl (C=O) groups excluding carboxylic acids is 3. The first kappa shape index (κ1) is 39.6. The van der Waals surface area contributed by atoms with Crippen molar-refractivity contribution in [2.45, 2.75) is 61.9 Å². The number of carbonyl (C=O) groups is 5. The summed E-state index contributed by atoms with van der Waals surface area (Å²) < 4.78 is 0.430. The molecule has 19 nitrogen and oxygen atoms in total. The molecule has 3 atom stereocenters. The molecular formula is C33H38ClN8O11S2+. The van der Waals surface area contributed by atoms with Crippen LogP contribution in [0.25, 0.3) is 0 Å². The van der Waals surface area contributed by atoms with Gasteiger partial charge in [-0.2, -0.15) is 0 Å². The number of aromatic nitrogens is 1. The van der Waals surface area contributed by atoms with E-state index >= 15 is 0 Å². The van der Waals surface area contributed by atoms with Crippen LogP contribution in [0.1, 0.15) is 44.9 Å². The molecular weight excluding hydrogens is 784 g/mol. The number of amides is 3. The third kappa shape index (κ3) is 7.23. The van der Waals surface area contributed by atoms with Gasteiger partial charge in [-0.1, -0.05) is 21.9 Å². The number of phenolic OH excluding ortho intramolecular Hbond substituents is 2. The molecule has 5 aliphatic rings. The van der Waals surface area contributed by atoms with Crippen LogP contribution in [0.5, 0.6) is 11.5 Å². The summed E-state index contributed by atoms with van der Waals surface area (Å²) in [7, 11) is 0. The van der Waals surface area contributed by atoms with Gasteiger partial charge in [0.25, 0.3) is 17.7 Å². The lowest BCUT2D eigenvalue weighted by atomic mass is 9.97. The number of nitrogens with one attached hydrogen (secondary N) is 1. The van der Waals surface area contributed by atoms with Crippen LogP contribution < -0.4 is 11.1 Å². The molecule has 294 valence electrons. The Bertz CT molecular complexity index is 2060. The third-order valence-corrected chi connectivity index (χ3v) is 12.8. The summed E-state index contributed by atoms with van der Waals surface area (Å²) in [6.45, 7) is 6.39. The number of fused-ring (bicyclic) bond motifs is 5. The molecule has 0 spiro atoms.